The van der Waals surface area contributed by atoms with Crippen molar-refractivity contribution in [3.8, 4) is 0 Å². The van der Waals surface area contributed by atoms with Crippen molar-refractivity contribution in [2.24, 2.45) is 5.41 Å². The van der Waals surface area contributed by atoms with Crippen molar-refractivity contribution in [2.75, 3.05) is 5.32 Å². The number of carbonyl (C=O) groups excluding carboxylic acids is 2. The van der Waals surface area contributed by atoms with Crippen LogP contribution in [0.25, 0.3) is 0 Å². The van der Waals surface area contributed by atoms with Gasteiger partial charge in [0.25, 0.3) is 0 Å². The maximum absolute atomic E-state index is 13.2. The predicted octanol–water partition coefficient (Wildman–Crippen LogP) is 2.99. The molecule has 1 aromatic rings. The second-order valence-electron chi connectivity index (χ2n) is 6.35. The van der Waals surface area contributed by atoms with Crippen LogP contribution in [0.5, 0.6) is 0 Å². The predicted molar refractivity (Wildman–Crippen MR) is 81.7 cm³/mol. The second-order valence-corrected chi connectivity index (χ2v) is 6.35. The van der Waals surface area contributed by atoms with Crippen LogP contribution in [0.15, 0.2) is 24.3 Å². The molecule has 2 aliphatic carbocycles. The number of amides is 2. The lowest BCUT2D eigenvalue weighted by molar-refractivity contribution is -0.135. The van der Waals surface area contributed by atoms with E-state index in [0.29, 0.717) is 18.5 Å². The van der Waals surface area contributed by atoms with Crippen molar-refractivity contribution in [3.05, 3.63) is 30.1 Å². The van der Waals surface area contributed by atoms with Crippen molar-refractivity contribution in [1.29, 1.82) is 0 Å². The molecule has 0 aromatic heterocycles. The number of hydrogen-bond acceptors (Lipinski definition) is 2. The van der Waals surface area contributed by atoms with Crippen LogP contribution in [0.1, 0.15) is 44.9 Å². The molecule has 0 spiro atoms. The molecule has 2 aliphatic rings. The van der Waals surface area contributed by atoms with E-state index in [2.05, 4.69) is 10.6 Å². The Morgan fingerprint density at radius 2 is 1.82 bits per heavy atom. The lowest BCUT2D eigenvalue weighted by atomic mass is 9.94. The number of anilines is 1. The molecule has 0 radical (unpaired) electrons. The molecule has 2 N–H and O–H groups in total. The zero-order chi connectivity index (χ0) is 15.6. The van der Waals surface area contributed by atoms with Crippen molar-refractivity contribution in [1.82, 2.24) is 5.32 Å². The van der Waals surface area contributed by atoms with Gasteiger partial charge in [0.2, 0.25) is 11.8 Å². The highest BCUT2D eigenvalue weighted by atomic mass is 19.1. The summed E-state index contributed by atoms with van der Waals surface area (Å²) >= 11 is 0. The molecule has 3 rings (SSSR count). The number of benzene rings is 1. The fourth-order valence-corrected chi connectivity index (χ4v) is 3.07. The molecule has 2 saturated carbocycles. The Morgan fingerprint density at radius 1 is 1.09 bits per heavy atom. The van der Waals surface area contributed by atoms with Gasteiger partial charge in [-0.2, -0.15) is 0 Å². The number of halogens is 1. The minimum Gasteiger partial charge on any atom is -0.352 e. The number of nitrogens with one attached hydrogen (secondary N) is 2. The Labute approximate surface area is 129 Å². The average molecular weight is 304 g/mol. The Hall–Kier alpha value is -1.91. The molecular formula is C17H21FN2O2. The van der Waals surface area contributed by atoms with E-state index in [1.807, 2.05) is 0 Å². The number of rotatable bonds is 4. The standard InChI is InChI=1S/C17H21FN2O2/c18-12-5-4-8-14(11-12)20-16(22)17(9-10-17)15(21)19-13-6-2-1-3-7-13/h4-5,8,11,13H,1-3,6-7,9-10H2,(H,19,21)(H,20,22). The van der Waals surface area contributed by atoms with Crippen LogP contribution in [-0.2, 0) is 9.59 Å². The van der Waals surface area contributed by atoms with Crippen molar-refractivity contribution >= 4 is 17.5 Å². The molecule has 5 heteroatoms. The third-order valence-corrected chi connectivity index (χ3v) is 4.64. The van der Waals surface area contributed by atoms with E-state index in [0.717, 1.165) is 25.7 Å². The molecule has 0 saturated heterocycles. The van der Waals surface area contributed by atoms with Gasteiger partial charge < -0.3 is 10.6 Å². The van der Waals surface area contributed by atoms with Gasteiger partial charge in [-0.1, -0.05) is 25.3 Å². The van der Waals surface area contributed by atoms with Crippen LogP contribution in [0.2, 0.25) is 0 Å². The van der Waals surface area contributed by atoms with E-state index < -0.39 is 11.2 Å². The van der Waals surface area contributed by atoms with Gasteiger partial charge in [-0.15, -0.1) is 0 Å². The molecule has 4 nitrogen and oxygen atoms in total. The molecule has 0 heterocycles. The summed E-state index contributed by atoms with van der Waals surface area (Å²) in [6.07, 6.45) is 6.60. The maximum Gasteiger partial charge on any atom is 0.240 e. The smallest absolute Gasteiger partial charge is 0.240 e. The van der Waals surface area contributed by atoms with Gasteiger partial charge in [0.1, 0.15) is 11.2 Å². The van der Waals surface area contributed by atoms with Gasteiger partial charge in [-0.25, -0.2) is 4.39 Å². The van der Waals surface area contributed by atoms with E-state index in [-0.39, 0.29) is 17.9 Å². The zero-order valence-corrected chi connectivity index (χ0v) is 12.5. The first-order valence-electron chi connectivity index (χ1n) is 7.98. The first-order valence-corrected chi connectivity index (χ1v) is 7.98. The van der Waals surface area contributed by atoms with Gasteiger partial charge in [0.05, 0.1) is 0 Å². The summed E-state index contributed by atoms with van der Waals surface area (Å²) in [5.74, 6) is -0.908. The Kier molecular flexibility index (Phi) is 4.14. The number of carbonyl (C=O) groups is 2. The highest BCUT2D eigenvalue weighted by molar-refractivity contribution is 6.13. The largest absolute Gasteiger partial charge is 0.352 e. The molecule has 2 fully saturated rings. The minimum absolute atomic E-state index is 0.173. The molecule has 22 heavy (non-hydrogen) atoms. The third-order valence-electron chi connectivity index (χ3n) is 4.64. The summed E-state index contributed by atoms with van der Waals surface area (Å²) in [5.41, 5.74) is -0.564. The second kappa shape index (κ2) is 6.07. The topological polar surface area (TPSA) is 58.2 Å². The maximum atomic E-state index is 13.2. The quantitative estimate of drug-likeness (QED) is 0.840. The molecule has 1 aromatic carbocycles. The monoisotopic (exact) mass is 304 g/mol. The SMILES string of the molecule is O=C(Nc1cccc(F)c1)C1(C(=O)NC2CCCCC2)CC1. The normalized spacial score (nSPS) is 20.2. The lowest BCUT2D eigenvalue weighted by Crippen LogP contribution is -2.45. The van der Waals surface area contributed by atoms with Gasteiger partial charge >= 0.3 is 0 Å². The van der Waals surface area contributed by atoms with Crippen LogP contribution in [0, 0.1) is 11.2 Å². The molecular weight excluding hydrogens is 283 g/mol. The first-order chi connectivity index (χ1) is 10.6. The highest BCUT2D eigenvalue weighted by Crippen LogP contribution is 2.47. The van der Waals surface area contributed by atoms with Gasteiger partial charge in [0.15, 0.2) is 0 Å². The van der Waals surface area contributed by atoms with Crippen LogP contribution in [0.3, 0.4) is 0 Å². The summed E-state index contributed by atoms with van der Waals surface area (Å²) in [7, 11) is 0. The van der Waals surface area contributed by atoms with Crippen molar-refractivity contribution in [3.63, 3.8) is 0 Å². The van der Waals surface area contributed by atoms with E-state index >= 15 is 0 Å². The first kappa shape index (κ1) is 15.0. The Balaban J connectivity index is 1.62. The van der Waals surface area contributed by atoms with E-state index in [9.17, 15) is 14.0 Å². The summed E-state index contributed by atoms with van der Waals surface area (Å²) < 4.78 is 13.2. The Bertz CT molecular complexity index is 578. The molecule has 0 bridgehead atoms. The van der Waals surface area contributed by atoms with Crippen LogP contribution < -0.4 is 10.6 Å². The summed E-state index contributed by atoms with van der Waals surface area (Å²) in [6.45, 7) is 0. The molecule has 0 atom stereocenters. The fraction of sp³-hybridized carbons (Fsp3) is 0.529. The van der Waals surface area contributed by atoms with Gasteiger partial charge in [-0.3, -0.25) is 9.59 Å². The summed E-state index contributed by atoms with van der Waals surface area (Å²) in [6, 6.07) is 5.93. The van der Waals surface area contributed by atoms with Gasteiger partial charge in [-0.05, 0) is 43.9 Å². The lowest BCUT2D eigenvalue weighted by Gasteiger charge is -2.25. The van der Waals surface area contributed by atoms with Crippen LogP contribution in [-0.4, -0.2) is 17.9 Å². The summed E-state index contributed by atoms with van der Waals surface area (Å²) in [4.78, 5) is 24.8. The van der Waals surface area contributed by atoms with E-state index in [1.165, 1.54) is 24.6 Å². The molecule has 2 amide bonds. The van der Waals surface area contributed by atoms with Crippen molar-refractivity contribution in [2.45, 2.75) is 51.0 Å². The molecule has 118 valence electrons. The minimum atomic E-state index is -0.955. The third kappa shape index (κ3) is 3.13. The Morgan fingerprint density at radius 3 is 2.45 bits per heavy atom. The molecule has 0 unspecified atom stereocenters. The highest BCUT2D eigenvalue weighted by Gasteiger charge is 2.56. The van der Waals surface area contributed by atoms with Crippen molar-refractivity contribution < 1.29 is 14.0 Å². The van der Waals surface area contributed by atoms with Crippen LogP contribution >= 0.6 is 0 Å². The fourth-order valence-electron chi connectivity index (χ4n) is 3.07. The van der Waals surface area contributed by atoms with E-state index in [1.54, 1.807) is 6.07 Å². The molecule has 0 aliphatic heterocycles. The van der Waals surface area contributed by atoms with Gasteiger partial charge in [0, 0.05) is 11.7 Å². The summed E-state index contributed by atoms with van der Waals surface area (Å²) in [5, 5.41) is 5.69. The van der Waals surface area contributed by atoms with E-state index in [4.69, 9.17) is 0 Å². The average Bonchev–Trinajstić information content (AvgIpc) is 3.30. The number of hydrogen-bond donors (Lipinski definition) is 2. The zero-order valence-electron chi connectivity index (χ0n) is 12.5. The van der Waals surface area contributed by atoms with Crippen LogP contribution in [0.4, 0.5) is 10.1 Å².